The van der Waals surface area contributed by atoms with Crippen molar-refractivity contribution in [1.82, 2.24) is 25.2 Å². The summed E-state index contributed by atoms with van der Waals surface area (Å²) in [5, 5.41) is 11.9. The lowest BCUT2D eigenvalue weighted by Crippen LogP contribution is -1.93. The summed E-state index contributed by atoms with van der Waals surface area (Å²) in [7, 11) is 1.79. The van der Waals surface area contributed by atoms with E-state index in [1.54, 1.807) is 23.9 Å². The molecule has 8 heteroatoms. The van der Waals surface area contributed by atoms with Gasteiger partial charge in [0.2, 0.25) is 11.0 Å². The van der Waals surface area contributed by atoms with Crippen LogP contribution in [0.15, 0.2) is 27.8 Å². The number of nitrogens with zero attached hydrogens (tertiary/aromatic N) is 5. The van der Waals surface area contributed by atoms with Gasteiger partial charge in [0.25, 0.3) is 0 Å². The van der Waals surface area contributed by atoms with Crippen LogP contribution >= 0.6 is 11.8 Å². The first-order valence-electron chi connectivity index (χ1n) is 5.22. The van der Waals surface area contributed by atoms with Crippen molar-refractivity contribution in [2.75, 3.05) is 5.73 Å². The van der Waals surface area contributed by atoms with Gasteiger partial charge in [-0.1, -0.05) is 11.8 Å². The van der Waals surface area contributed by atoms with E-state index in [0.29, 0.717) is 17.3 Å². The Morgan fingerprint density at radius 1 is 1.44 bits per heavy atom. The molecular formula is C10H10N6OS. The second-order valence-corrected chi connectivity index (χ2v) is 4.65. The Bertz CT molecular complexity index is 691. The maximum atomic E-state index is 5.69. The number of benzene rings is 1. The molecule has 3 rings (SSSR count). The molecule has 2 heterocycles. The van der Waals surface area contributed by atoms with Crippen LogP contribution in [0.2, 0.25) is 0 Å². The Kier molecular flexibility index (Phi) is 2.63. The normalized spacial score (nSPS) is 11.2. The molecule has 2 aromatic heterocycles. The van der Waals surface area contributed by atoms with Gasteiger partial charge >= 0.3 is 0 Å². The van der Waals surface area contributed by atoms with E-state index < -0.39 is 0 Å². The first kappa shape index (κ1) is 11.0. The molecule has 0 aliphatic rings. The molecular weight excluding hydrogens is 252 g/mol. The van der Waals surface area contributed by atoms with Crippen molar-refractivity contribution < 1.29 is 4.42 Å². The van der Waals surface area contributed by atoms with E-state index in [1.807, 2.05) is 6.07 Å². The molecule has 0 amide bonds. The average Bonchev–Trinajstić information content (AvgIpc) is 2.92. The van der Waals surface area contributed by atoms with E-state index in [0.717, 1.165) is 16.3 Å². The predicted octanol–water partition coefficient (Wildman–Crippen LogP) is 1.23. The molecule has 0 saturated carbocycles. The lowest BCUT2D eigenvalue weighted by molar-refractivity contribution is 0.555. The van der Waals surface area contributed by atoms with Gasteiger partial charge in [0, 0.05) is 12.7 Å². The lowest BCUT2D eigenvalue weighted by atomic mass is 10.3. The highest BCUT2D eigenvalue weighted by molar-refractivity contribution is 7.98. The van der Waals surface area contributed by atoms with Crippen LogP contribution in [0.1, 0.15) is 5.89 Å². The molecule has 0 radical (unpaired) electrons. The molecule has 0 saturated heterocycles. The van der Waals surface area contributed by atoms with Crippen LogP contribution in [0.3, 0.4) is 0 Å². The molecule has 18 heavy (non-hydrogen) atoms. The predicted molar refractivity (Wildman–Crippen MR) is 66.8 cm³/mol. The van der Waals surface area contributed by atoms with Gasteiger partial charge in [-0.25, -0.2) is 9.67 Å². The minimum atomic E-state index is 0.572. The molecule has 0 spiro atoms. The van der Waals surface area contributed by atoms with Gasteiger partial charge in [0.15, 0.2) is 5.58 Å². The van der Waals surface area contributed by atoms with Crippen molar-refractivity contribution in [2.45, 2.75) is 10.9 Å². The highest BCUT2D eigenvalue weighted by Crippen LogP contribution is 2.23. The zero-order chi connectivity index (χ0) is 12.5. The van der Waals surface area contributed by atoms with Gasteiger partial charge in [-0.3, -0.25) is 0 Å². The Balaban J connectivity index is 1.81. The van der Waals surface area contributed by atoms with Gasteiger partial charge in [0.1, 0.15) is 5.52 Å². The van der Waals surface area contributed by atoms with Crippen LogP contribution in [0.5, 0.6) is 0 Å². The number of aromatic nitrogens is 5. The van der Waals surface area contributed by atoms with E-state index in [4.69, 9.17) is 10.2 Å². The first-order valence-corrected chi connectivity index (χ1v) is 6.21. The SMILES string of the molecule is Cn1nnnc1SCc1nc2cc(N)ccc2o1. The average molecular weight is 262 g/mol. The summed E-state index contributed by atoms with van der Waals surface area (Å²) in [5.41, 5.74) is 7.86. The molecule has 92 valence electrons. The summed E-state index contributed by atoms with van der Waals surface area (Å²) >= 11 is 1.47. The number of hydrogen-bond acceptors (Lipinski definition) is 7. The van der Waals surface area contributed by atoms with Crippen LogP contribution in [-0.4, -0.2) is 25.2 Å². The van der Waals surface area contributed by atoms with Crippen molar-refractivity contribution in [3.8, 4) is 0 Å². The number of rotatable bonds is 3. The number of aryl methyl sites for hydroxylation is 1. The number of nitrogen functional groups attached to an aromatic ring is 1. The fourth-order valence-electron chi connectivity index (χ4n) is 1.52. The first-order chi connectivity index (χ1) is 8.72. The second kappa shape index (κ2) is 4.30. The lowest BCUT2D eigenvalue weighted by Gasteiger charge is -1.94. The summed E-state index contributed by atoms with van der Waals surface area (Å²) in [6.07, 6.45) is 0. The third-order valence-electron chi connectivity index (χ3n) is 2.36. The summed E-state index contributed by atoms with van der Waals surface area (Å²) < 4.78 is 7.20. The highest BCUT2D eigenvalue weighted by Gasteiger charge is 2.09. The van der Waals surface area contributed by atoms with Crippen molar-refractivity contribution in [3.63, 3.8) is 0 Å². The smallest absolute Gasteiger partial charge is 0.209 e. The summed E-state index contributed by atoms with van der Waals surface area (Å²) in [6.45, 7) is 0. The zero-order valence-corrected chi connectivity index (χ0v) is 10.4. The standard InChI is InChI=1S/C10H10N6OS/c1-16-10(13-14-15-16)18-5-9-12-7-4-6(11)2-3-8(7)17-9/h2-4H,5,11H2,1H3. The maximum Gasteiger partial charge on any atom is 0.209 e. The van der Waals surface area contributed by atoms with Crippen molar-refractivity contribution in [2.24, 2.45) is 7.05 Å². The second-order valence-electron chi connectivity index (χ2n) is 3.71. The quantitative estimate of drug-likeness (QED) is 0.560. The molecule has 0 aliphatic carbocycles. The van der Waals surface area contributed by atoms with Crippen molar-refractivity contribution in [1.29, 1.82) is 0 Å². The molecule has 1 aromatic carbocycles. The van der Waals surface area contributed by atoms with E-state index >= 15 is 0 Å². The third-order valence-corrected chi connectivity index (χ3v) is 3.36. The number of anilines is 1. The number of thioether (sulfide) groups is 1. The Morgan fingerprint density at radius 2 is 2.33 bits per heavy atom. The Hall–Kier alpha value is -2.09. The molecule has 0 bridgehead atoms. The van der Waals surface area contributed by atoms with E-state index in [2.05, 4.69) is 20.5 Å². The minimum Gasteiger partial charge on any atom is -0.440 e. The Labute approximate surface area is 106 Å². The van der Waals surface area contributed by atoms with Crippen LogP contribution in [0.25, 0.3) is 11.1 Å². The zero-order valence-electron chi connectivity index (χ0n) is 9.57. The van der Waals surface area contributed by atoms with Gasteiger partial charge in [-0.15, -0.1) is 5.10 Å². The highest BCUT2D eigenvalue weighted by atomic mass is 32.2. The fraction of sp³-hybridized carbons (Fsp3) is 0.200. The summed E-state index contributed by atoms with van der Waals surface area (Å²) in [4.78, 5) is 4.36. The molecule has 0 atom stereocenters. The molecule has 0 aliphatic heterocycles. The van der Waals surface area contributed by atoms with Crippen LogP contribution in [0, 0.1) is 0 Å². The third kappa shape index (κ3) is 2.02. The number of hydrogen-bond donors (Lipinski definition) is 1. The van der Waals surface area contributed by atoms with Gasteiger partial charge in [0.05, 0.1) is 5.75 Å². The van der Waals surface area contributed by atoms with Gasteiger partial charge in [-0.05, 0) is 28.6 Å². The minimum absolute atomic E-state index is 0.572. The van der Waals surface area contributed by atoms with E-state index in [1.165, 1.54) is 11.8 Å². The number of oxazole rings is 1. The summed E-state index contributed by atoms with van der Waals surface area (Å²) in [5.74, 6) is 1.20. The number of nitrogens with two attached hydrogens (primary N) is 1. The molecule has 0 unspecified atom stereocenters. The van der Waals surface area contributed by atoms with Crippen LogP contribution < -0.4 is 5.73 Å². The molecule has 7 nitrogen and oxygen atoms in total. The largest absolute Gasteiger partial charge is 0.440 e. The van der Waals surface area contributed by atoms with Crippen LogP contribution in [-0.2, 0) is 12.8 Å². The fourth-order valence-corrected chi connectivity index (χ4v) is 2.22. The number of fused-ring (bicyclic) bond motifs is 1. The van der Waals surface area contributed by atoms with Crippen LogP contribution in [0.4, 0.5) is 5.69 Å². The van der Waals surface area contributed by atoms with E-state index in [-0.39, 0.29) is 0 Å². The molecule has 0 fully saturated rings. The van der Waals surface area contributed by atoms with Crippen molar-refractivity contribution in [3.05, 3.63) is 24.1 Å². The maximum absolute atomic E-state index is 5.69. The Morgan fingerprint density at radius 3 is 3.11 bits per heavy atom. The van der Waals surface area contributed by atoms with Gasteiger partial charge < -0.3 is 10.2 Å². The summed E-state index contributed by atoms with van der Waals surface area (Å²) in [6, 6.07) is 5.39. The van der Waals surface area contributed by atoms with Gasteiger partial charge in [-0.2, -0.15) is 0 Å². The van der Waals surface area contributed by atoms with E-state index in [9.17, 15) is 0 Å². The number of tetrazole rings is 1. The topological polar surface area (TPSA) is 95.7 Å². The molecule has 3 aromatic rings. The monoisotopic (exact) mass is 262 g/mol. The van der Waals surface area contributed by atoms with Crippen molar-refractivity contribution >= 4 is 28.5 Å². The molecule has 2 N–H and O–H groups in total.